The van der Waals surface area contributed by atoms with Gasteiger partial charge in [0.15, 0.2) is 0 Å². The molecule has 0 fully saturated rings. The highest BCUT2D eigenvalue weighted by Crippen LogP contribution is 2.22. The molecule has 0 bridgehead atoms. The predicted molar refractivity (Wildman–Crippen MR) is 77.8 cm³/mol. The Morgan fingerprint density at radius 2 is 1.85 bits per heavy atom. The molecule has 0 saturated carbocycles. The molecule has 0 radical (unpaired) electrons. The van der Waals surface area contributed by atoms with E-state index in [2.05, 4.69) is 10.6 Å². The topological polar surface area (TPSA) is 78.4 Å². The number of benzene rings is 2. The van der Waals surface area contributed by atoms with Crippen LogP contribution < -0.4 is 10.6 Å². The Kier molecular flexibility index (Phi) is 4.20. The van der Waals surface area contributed by atoms with Crippen LogP contribution in [0.25, 0.3) is 10.8 Å². The van der Waals surface area contributed by atoms with E-state index in [-0.39, 0.29) is 0 Å². The van der Waals surface area contributed by atoms with Gasteiger partial charge < -0.3 is 15.7 Å². The van der Waals surface area contributed by atoms with Crippen molar-refractivity contribution in [1.29, 1.82) is 0 Å². The molecule has 0 aliphatic heterocycles. The molecule has 5 heteroatoms. The minimum atomic E-state index is -1.04. The number of urea groups is 1. The SMILES string of the molecule is CCC(NC(=O)Nc1cccc2ccccc12)C(=O)O. The van der Waals surface area contributed by atoms with Gasteiger partial charge in [0.2, 0.25) is 0 Å². The Bertz CT molecular complexity index is 635. The summed E-state index contributed by atoms with van der Waals surface area (Å²) >= 11 is 0. The van der Waals surface area contributed by atoms with Crippen LogP contribution in [0.3, 0.4) is 0 Å². The normalized spacial score (nSPS) is 11.8. The Morgan fingerprint density at radius 1 is 1.15 bits per heavy atom. The third-order valence-corrected chi connectivity index (χ3v) is 3.05. The molecule has 1 unspecified atom stereocenters. The summed E-state index contributed by atoms with van der Waals surface area (Å²) in [6.07, 6.45) is 0.332. The molecule has 2 rings (SSSR count). The van der Waals surface area contributed by atoms with Crippen molar-refractivity contribution in [3.63, 3.8) is 0 Å². The first-order valence-electron chi connectivity index (χ1n) is 6.40. The summed E-state index contributed by atoms with van der Waals surface area (Å²) in [6, 6.07) is 11.8. The zero-order valence-corrected chi connectivity index (χ0v) is 11.1. The van der Waals surface area contributed by atoms with Crippen LogP contribution in [0.1, 0.15) is 13.3 Å². The largest absolute Gasteiger partial charge is 0.480 e. The number of carbonyl (C=O) groups is 2. The van der Waals surface area contributed by atoms with E-state index in [9.17, 15) is 9.59 Å². The van der Waals surface area contributed by atoms with Crippen LogP contribution in [-0.4, -0.2) is 23.1 Å². The van der Waals surface area contributed by atoms with Crippen LogP contribution in [0.2, 0.25) is 0 Å². The second-order valence-electron chi connectivity index (χ2n) is 4.42. The van der Waals surface area contributed by atoms with E-state index >= 15 is 0 Å². The first-order valence-corrected chi connectivity index (χ1v) is 6.40. The molecule has 3 N–H and O–H groups in total. The van der Waals surface area contributed by atoms with Crippen LogP contribution in [0.15, 0.2) is 42.5 Å². The van der Waals surface area contributed by atoms with Crippen molar-refractivity contribution >= 4 is 28.5 Å². The zero-order valence-electron chi connectivity index (χ0n) is 11.1. The van der Waals surface area contributed by atoms with Gasteiger partial charge in [0.1, 0.15) is 6.04 Å². The molecule has 0 aliphatic rings. The summed E-state index contributed by atoms with van der Waals surface area (Å²) in [5, 5.41) is 16.0. The molecule has 2 aromatic rings. The van der Waals surface area contributed by atoms with E-state index < -0.39 is 18.0 Å². The van der Waals surface area contributed by atoms with Crippen molar-refractivity contribution in [3.8, 4) is 0 Å². The number of hydrogen-bond acceptors (Lipinski definition) is 2. The van der Waals surface area contributed by atoms with Crippen molar-refractivity contribution in [2.75, 3.05) is 5.32 Å². The van der Waals surface area contributed by atoms with Crippen molar-refractivity contribution < 1.29 is 14.7 Å². The third kappa shape index (κ3) is 3.06. The van der Waals surface area contributed by atoms with Crippen LogP contribution in [0.4, 0.5) is 10.5 Å². The fourth-order valence-corrected chi connectivity index (χ4v) is 1.99. The van der Waals surface area contributed by atoms with Gasteiger partial charge in [-0.3, -0.25) is 0 Å². The highest BCUT2D eigenvalue weighted by atomic mass is 16.4. The van der Waals surface area contributed by atoms with Gasteiger partial charge in [0, 0.05) is 5.39 Å². The first-order chi connectivity index (χ1) is 9.61. The molecule has 0 spiro atoms. The van der Waals surface area contributed by atoms with E-state index in [1.807, 2.05) is 36.4 Å². The van der Waals surface area contributed by atoms with Crippen molar-refractivity contribution in [1.82, 2.24) is 5.32 Å². The second-order valence-corrected chi connectivity index (χ2v) is 4.42. The average molecular weight is 272 g/mol. The van der Waals surface area contributed by atoms with Gasteiger partial charge in [-0.05, 0) is 17.9 Å². The fraction of sp³-hybridized carbons (Fsp3) is 0.200. The van der Waals surface area contributed by atoms with Gasteiger partial charge in [0.05, 0.1) is 5.69 Å². The van der Waals surface area contributed by atoms with Gasteiger partial charge in [-0.25, -0.2) is 9.59 Å². The van der Waals surface area contributed by atoms with E-state index in [1.54, 1.807) is 13.0 Å². The molecule has 1 atom stereocenters. The van der Waals surface area contributed by atoms with Crippen LogP contribution in [-0.2, 0) is 4.79 Å². The number of fused-ring (bicyclic) bond motifs is 1. The van der Waals surface area contributed by atoms with Gasteiger partial charge in [-0.15, -0.1) is 0 Å². The van der Waals surface area contributed by atoms with Crippen LogP contribution in [0, 0.1) is 0 Å². The molecule has 20 heavy (non-hydrogen) atoms. The summed E-state index contributed by atoms with van der Waals surface area (Å²) in [4.78, 5) is 22.7. The lowest BCUT2D eigenvalue weighted by Crippen LogP contribution is -2.42. The zero-order chi connectivity index (χ0) is 14.5. The number of hydrogen-bond donors (Lipinski definition) is 3. The fourth-order valence-electron chi connectivity index (χ4n) is 1.99. The molecule has 5 nitrogen and oxygen atoms in total. The standard InChI is InChI=1S/C15H16N2O3/c1-2-12(14(18)19)16-15(20)17-13-9-5-7-10-6-3-4-8-11(10)13/h3-9,12H,2H2,1H3,(H,18,19)(H2,16,17,20). The lowest BCUT2D eigenvalue weighted by atomic mass is 10.1. The Labute approximate surface area is 116 Å². The summed E-state index contributed by atoms with van der Waals surface area (Å²) in [6.45, 7) is 1.71. The number of anilines is 1. The average Bonchev–Trinajstić information content (AvgIpc) is 2.45. The van der Waals surface area contributed by atoms with Crippen LogP contribution in [0.5, 0.6) is 0 Å². The number of carbonyl (C=O) groups excluding carboxylic acids is 1. The van der Waals surface area contributed by atoms with E-state index in [1.165, 1.54) is 0 Å². The highest BCUT2D eigenvalue weighted by molar-refractivity contribution is 6.02. The molecule has 2 amide bonds. The third-order valence-electron chi connectivity index (χ3n) is 3.05. The van der Waals surface area contributed by atoms with E-state index in [0.29, 0.717) is 12.1 Å². The maximum Gasteiger partial charge on any atom is 0.326 e. The number of rotatable bonds is 4. The summed E-state index contributed by atoms with van der Waals surface area (Å²) in [7, 11) is 0. The number of carboxylic acids is 1. The van der Waals surface area contributed by atoms with Crippen molar-refractivity contribution in [2.45, 2.75) is 19.4 Å². The van der Waals surface area contributed by atoms with E-state index in [4.69, 9.17) is 5.11 Å². The van der Waals surface area contributed by atoms with Crippen LogP contribution >= 0.6 is 0 Å². The predicted octanol–water partition coefficient (Wildman–Crippen LogP) is 2.82. The van der Waals surface area contributed by atoms with Gasteiger partial charge in [-0.1, -0.05) is 43.3 Å². The Hall–Kier alpha value is -2.56. The number of nitrogens with one attached hydrogen (secondary N) is 2. The number of amides is 2. The maximum atomic E-state index is 11.8. The maximum absolute atomic E-state index is 11.8. The summed E-state index contributed by atoms with van der Waals surface area (Å²) in [5.74, 6) is -1.04. The molecule has 2 aromatic carbocycles. The molecule has 0 heterocycles. The molecular weight excluding hydrogens is 256 g/mol. The van der Waals surface area contributed by atoms with Gasteiger partial charge in [-0.2, -0.15) is 0 Å². The smallest absolute Gasteiger partial charge is 0.326 e. The summed E-state index contributed by atoms with van der Waals surface area (Å²) < 4.78 is 0. The lowest BCUT2D eigenvalue weighted by Gasteiger charge is -2.14. The quantitative estimate of drug-likeness (QED) is 0.800. The van der Waals surface area contributed by atoms with E-state index in [0.717, 1.165) is 10.8 Å². The van der Waals surface area contributed by atoms with Crippen molar-refractivity contribution in [3.05, 3.63) is 42.5 Å². The monoisotopic (exact) mass is 272 g/mol. The Morgan fingerprint density at radius 3 is 2.55 bits per heavy atom. The number of carboxylic acid groups (broad SMARTS) is 1. The molecule has 104 valence electrons. The highest BCUT2D eigenvalue weighted by Gasteiger charge is 2.17. The Balaban J connectivity index is 2.16. The van der Waals surface area contributed by atoms with Gasteiger partial charge in [0.25, 0.3) is 0 Å². The molecule has 0 aliphatic carbocycles. The minimum absolute atomic E-state index is 0.332. The van der Waals surface area contributed by atoms with Crippen molar-refractivity contribution in [2.24, 2.45) is 0 Å². The first kappa shape index (κ1) is 13.9. The molecule has 0 aromatic heterocycles. The molecular formula is C15H16N2O3. The lowest BCUT2D eigenvalue weighted by molar-refractivity contribution is -0.139. The van der Waals surface area contributed by atoms with Gasteiger partial charge >= 0.3 is 12.0 Å². The second kappa shape index (κ2) is 6.06. The summed E-state index contributed by atoms with van der Waals surface area (Å²) in [5.41, 5.74) is 0.654. The minimum Gasteiger partial charge on any atom is -0.480 e. The number of aliphatic carboxylic acids is 1. The molecule has 0 saturated heterocycles.